The topological polar surface area (TPSA) is 49.3 Å². The zero-order valence-corrected chi connectivity index (χ0v) is 13.1. The Balaban J connectivity index is 1.45. The quantitative estimate of drug-likeness (QED) is 0.871. The summed E-state index contributed by atoms with van der Waals surface area (Å²) in [6.07, 6.45) is 7.06. The average molecular weight is 308 g/mol. The Bertz CT molecular complexity index is 691. The van der Waals surface area contributed by atoms with Crippen molar-refractivity contribution in [2.45, 2.75) is 19.4 Å². The van der Waals surface area contributed by atoms with E-state index in [-0.39, 0.29) is 11.3 Å². The summed E-state index contributed by atoms with van der Waals surface area (Å²) in [7, 11) is 0. The van der Waals surface area contributed by atoms with Gasteiger partial charge in [-0.05, 0) is 37.2 Å². The average Bonchev–Trinajstić information content (AvgIpc) is 3.12. The van der Waals surface area contributed by atoms with Gasteiger partial charge in [0.2, 0.25) is 5.91 Å². The predicted octanol–water partition coefficient (Wildman–Crippen LogP) is 2.11. The third kappa shape index (κ3) is 2.84. The summed E-state index contributed by atoms with van der Waals surface area (Å²) in [6, 6.07) is 9.88. The fourth-order valence-electron chi connectivity index (χ4n) is 3.80. The van der Waals surface area contributed by atoms with E-state index in [1.807, 2.05) is 35.4 Å². The molecule has 0 unspecified atom stereocenters. The standard InChI is InChI=1S/C18H20N4O/c23-17-10-18(14-22(17)16-5-3-7-19-11-16)6-9-21(13-18)12-15-4-1-2-8-20-15/h1-5,7-8,11H,6,9-10,12-14H2/t18-/m0/s1. The molecule has 2 saturated heterocycles. The van der Waals surface area contributed by atoms with Crippen LogP contribution in [0.5, 0.6) is 0 Å². The first-order valence-electron chi connectivity index (χ1n) is 8.07. The van der Waals surface area contributed by atoms with Crippen LogP contribution >= 0.6 is 0 Å². The third-order valence-electron chi connectivity index (χ3n) is 4.91. The molecule has 118 valence electrons. The number of nitrogens with zero attached hydrogens (tertiary/aromatic N) is 4. The molecule has 2 aliphatic rings. The highest BCUT2D eigenvalue weighted by molar-refractivity contribution is 5.96. The molecule has 0 bridgehead atoms. The second-order valence-electron chi connectivity index (χ2n) is 6.65. The van der Waals surface area contributed by atoms with Crippen LogP contribution in [0.25, 0.3) is 0 Å². The van der Waals surface area contributed by atoms with Crippen LogP contribution in [-0.4, -0.2) is 40.4 Å². The number of likely N-dealkylation sites (tertiary alicyclic amines) is 1. The summed E-state index contributed by atoms with van der Waals surface area (Å²) in [4.78, 5) is 25.3. The lowest BCUT2D eigenvalue weighted by Crippen LogP contribution is -2.31. The molecule has 23 heavy (non-hydrogen) atoms. The van der Waals surface area contributed by atoms with Gasteiger partial charge in [-0.1, -0.05) is 6.07 Å². The third-order valence-corrected chi connectivity index (χ3v) is 4.91. The number of amides is 1. The van der Waals surface area contributed by atoms with Crippen LogP contribution in [0.15, 0.2) is 48.9 Å². The number of rotatable bonds is 3. The zero-order valence-electron chi connectivity index (χ0n) is 13.1. The first-order chi connectivity index (χ1) is 11.2. The Morgan fingerprint density at radius 1 is 1.13 bits per heavy atom. The Kier molecular flexibility index (Phi) is 3.58. The lowest BCUT2D eigenvalue weighted by Gasteiger charge is -2.24. The van der Waals surface area contributed by atoms with Crippen LogP contribution in [0.4, 0.5) is 5.69 Å². The second kappa shape index (κ2) is 5.74. The number of pyridine rings is 2. The maximum absolute atomic E-state index is 12.5. The lowest BCUT2D eigenvalue weighted by molar-refractivity contribution is -0.117. The summed E-state index contributed by atoms with van der Waals surface area (Å²) in [5.74, 6) is 0.220. The Hall–Kier alpha value is -2.27. The van der Waals surface area contributed by atoms with Gasteiger partial charge in [-0.3, -0.25) is 19.7 Å². The van der Waals surface area contributed by atoms with E-state index >= 15 is 0 Å². The zero-order chi connectivity index (χ0) is 15.7. The summed E-state index contributed by atoms with van der Waals surface area (Å²) >= 11 is 0. The molecule has 0 N–H and O–H groups in total. The van der Waals surface area contributed by atoms with Gasteiger partial charge in [0.25, 0.3) is 0 Å². The molecule has 4 rings (SSSR count). The number of hydrogen-bond acceptors (Lipinski definition) is 4. The largest absolute Gasteiger partial charge is 0.310 e. The van der Waals surface area contributed by atoms with E-state index in [2.05, 4.69) is 20.9 Å². The van der Waals surface area contributed by atoms with E-state index in [0.717, 1.165) is 44.0 Å². The number of carbonyl (C=O) groups excluding carboxylic acids is 1. The molecular weight excluding hydrogens is 288 g/mol. The first-order valence-corrected chi connectivity index (χ1v) is 8.07. The van der Waals surface area contributed by atoms with Crippen LogP contribution < -0.4 is 4.90 Å². The van der Waals surface area contributed by atoms with E-state index in [4.69, 9.17) is 0 Å². The van der Waals surface area contributed by atoms with Gasteiger partial charge in [-0.2, -0.15) is 0 Å². The van der Waals surface area contributed by atoms with Crippen LogP contribution in [0.3, 0.4) is 0 Å². The van der Waals surface area contributed by atoms with Crippen LogP contribution in [0.1, 0.15) is 18.5 Å². The molecule has 2 aromatic rings. The highest BCUT2D eigenvalue weighted by Crippen LogP contribution is 2.41. The summed E-state index contributed by atoms with van der Waals surface area (Å²) < 4.78 is 0. The minimum Gasteiger partial charge on any atom is -0.310 e. The van der Waals surface area contributed by atoms with E-state index < -0.39 is 0 Å². The molecule has 2 aromatic heterocycles. The summed E-state index contributed by atoms with van der Waals surface area (Å²) in [5, 5.41) is 0. The predicted molar refractivity (Wildman–Crippen MR) is 87.8 cm³/mol. The molecule has 0 aliphatic carbocycles. The fraction of sp³-hybridized carbons (Fsp3) is 0.389. The number of hydrogen-bond donors (Lipinski definition) is 0. The fourth-order valence-corrected chi connectivity index (χ4v) is 3.80. The van der Waals surface area contributed by atoms with Crippen molar-refractivity contribution in [3.05, 3.63) is 54.6 Å². The van der Waals surface area contributed by atoms with Gasteiger partial charge in [0.1, 0.15) is 0 Å². The molecule has 0 saturated carbocycles. The Morgan fingerprint density at radius 3 is 2.87 bits per heavy atom. The molecule has 5 heteroatoms. The molecule has 1 amide bonds. The minimum atomic E-state index is 0.0850. The van der Waals surface area contributed by atoms with E-state index in [1.165, 1.54) is 0 Å². The molecule has 1 atom stereocenters. The van der Waals surface area contributed by atoms with Crippen LogP contribution in [0.2, 0.25) is 0 Å². The normalized spacial score (nSPS) is 24.7. The van der Waals surface area contributed by atoms with Crippen molar-refractivity contribution < 1.29 is 4.79 Å². The highest BCUT2D eigenvalue weighted by Gasteiger charge is 2.47. The smallest absolute Gasteiger partial charge is 0.227 e. The first kappa shape index (κ1) is 14.3. The highest BCUT2D eigenvalue weighted by atomic mass is 16.2. The van der Waals surface area contributed by atoms with Gasteiger partial charge in [0, 0.05) is 43.9 Å². The monoisotopic (exact) mass is 308 g/mol. The van der Waals surface area contributed by atoms with Crippen LogP contribution in [0, 0.1) is 5.41 Å². The van der Waals surface area contributed by atoms with Gasteiger partial charge in [0.05, 0.1) is 17.6 Å². The summed E-state index contributed by atoms with van der Waals surface area (Å²) in [6.45, 7) is 3.66. The molecule has 2 fully saturated rings. The van der Waals surface area contributed by atoms with Gasteiger partial charge >= 0.3 is 0 Å². The number of anilines is 1. The molecule has 2 aliphatic heterocycles. The van der Waals surface area contributed by atoms with Crippen molar-refractivity contribution in [3.8, 4) is 0 Å². The van der Waals surface area contributed by atoms with Crippen molar-refractivity contribution in [1.82, 2.24) is 14.9 Å². The van der Waals surface area contributed by atoms with Gasteiger partial charge < -0.3 is 4.90 Å². The maximum atomic E-state index is 12.5. The van der Waals surface area contributed by atoms with Crippen molar-refractivity contribution in [3.63, 3.8) is 0 Å². The van der Waals surface area contributed by atoms with E-state index in [1.54, 1.807) is 12.4 Å². The number of carbonyl (C=O) groups is 1. The Labute approximate surface area is 136 Å². The molecule has 0 aromatic carbocycles. The summed E-state index contributed by atoms with van der Waals surface area (Å²) in [5.41, 5.74) is 2.09. The molecule has 4 heterocycles. The van der Waals surface area contributed by atoms with Crippen molar-refractivity contribution in [2.75, 3.05) is 24.5 Å². The van der Waals surface area contributed by atoms with E-state index in [9.17, 15) is 4.79 Å². The molecular formula is C18H20N4O. The van der Waals surface area contributed by atoms with Crippen molar-refractivity contribution in [1.29, 1.82) is 0 Å². The molecule has 0 radical (unpaired) electrons. The van der Waals surface area contributed by atoms with Crippen LogP contribution in [-0.2, 0) is 11.3 Å². The van der Waals surface area contributed by atoms with Crippen molar-refractivity contribution in [2.24, 2.45) is 5.41 Å². The minimum absolute atomic E-state index is 0.0850. The van der Waals surface area contributed by atoms with Gasteiger partial charge in [-0.15, -0.1) is 0 Å². The van der Waals surface area contributed by atoms with Crippen molar-refractivity contribution >= 4 is 11.6 Å². The van der Waals surface area contributed by atoms with E-state index in [0.29, 0.717) is 6.42 Å². The SMILES string of the molecule is O=C1C[C@]2(CCN(Cc3ccccn3)C2)CN1c1cccnc1. The molecule has 1 spiro atoms. The van der Waals surface area contributed by atoms with Gasteiger partial charge in [0.15, 0.2) is 0 Å². The Morgan fingerprint density at radius 2 is 2.09 bits per heavy atom. The maximum Gasteiger partial charge on any atom is 0.227 e. The molecule has 5 nitrogen and oxygen atoms in total. The van der Waals surface area contributed by atoms with Gasteiger partial charge in [-0.25, -0.2) is 0 Å². The lowest BCUT2D eigenvalue weighted by atomic mass is 9.86. The number of aromatic nitrogens is 2. The second-order valence-corrected chi connectivity index (χ2v) is 6.65.